The molecule has 0 saturated carbocycles. The SMILES string of the molecule is Cc1ccc(Oc2cnc3cc(F)c(F)cc3n2)c(Br)n1. The Labute approximate surface area is 127 Å². The molecule has 2 heterocycles. The van der Waals surface area contributed by atoms with Crippen molar-refractivity contribution >= 4 is 27.0 Å². The van der Waals surface area contributed by atoms with Crippen LogP contribution >= 0.6 is 15.9 Å². The summed E-state index contributed by atoms with van der Waals surface area (Å²) < 4.78 is 32.4. The Balaban J connectivity index is 1.99. The van der Waals surface area contributed by atoms with Gasteiger partial charge in [-0.25, -0.2) is 23.7 Å². The summed E-state index contributed by atoms with van der Waals surface area (Å²) in [6.45, 7) is 1.85. The van der Waals surface area contributed by atoms with Gasteiger partial charge >= 0.3 is 0 Å². The summed E-state index contributed by atoms with van der Waals surface area (Å²) in [4.78, 5) is 12.3. The van der Waals surface area contributed by atoms with Gasteiger partial charge in [0.15, 0.2) is 17.4 Å². The Morgan fingerprint density at radius 1 is 1.05 bits per heavy atom. The highest BCUT2D eigenvalue weighted by molar-refractivity contribution is 9.10. The minimum absolute atomic E-state index is 0.167. The number of fused-ring (bicyclic) bond motifs is 1. The second-order valence-corrected chi connectivity index (χ2v) is 5.06. The van der Waals surface area contributed by atoms with E-state index in [1.807, 2.05) is 6.92 Å². The molecule has 0 aliphatic heterocycles. The average Bonchev–Trinajstić information content (AvgIpc) is 2.43. The van der Waals surface area contributed by atoms with Crippen LogP contribution in [0.3, 0.4) is 0 Å². The van der Waals surface area contributed by atoms with E-state index in [9.17, 15) is 8.78 Å². The number of hydrogen-bond acceptors (Lipinski definition) is 4. The van der Waals surface area contributed by atoms with Gasteiger partial charge in [0.05, 0.1) is 17.2 Å². The van der Waals surface area contributed by atoms with Crippen molar-refractivity contribution in [2.45, 2.75) is 6.92 Å². The second-order valence-electron chi connectivity index (χ2n) is 4.31. The number of pyridine rings is 1. The van der Waals surface area contributed by atoms with Crippen LogP contribution in [0, 0.1) is 18.6 Å². The maximum Gasteiger partial charge on any atom is 0.238 e. The molecule has 3 rings (SSSR count). The zero-order chi connectivity index (χ0) is 15.0. The molecule has 0 aliphatic rings. The molecule has 0 fully saturated rings. The fraction of sp³-hybridized carbons (Fsp3) is 0.0714. The maximum absolute atomic E-state index is 13.2. The molecular weight excluding hydrogens is 344 g/mol. The first-order valence-corrected chi connectivity index (χ1v) is 6.75. The molecule has 4 nitrogen and oxygen atoms in total. The zero-order valence-electron chi connectivity index (χ0n) is 10.8. The van der Waals surface area contributed by atoms with Crippen LogP contribution in [0.25, 0.3) is 11.0 Å². The minimum Gasteiger partial charge on any atom is -0.435 e. The molecule has 21 heavy (non-hydrogen) atoms. The van der Waals surface area contributed by atoms with Crippen molar-refractivity contribution in [2.75, 3.05) is 0 Å². The lowest BCUT2D eigenvalue weighted by atomic mass is 10.3. The highest BCUT2D eigenvalue weighted by atomic mass is 79.9. The molecular formula is C14H8BrF2N3O. The first kappa shape index (κ1) is 13.8. The zero-order valence-corrected chi connectivity index (χ0v) is 12.4. The summed E-state index contributed by atoms with van der Waals surface area (Å²) in [6, 6.07) is 5.48. The third kappa shape index (κ3) is 2.82. The fourth-order valence-corrected chi connectivity index (χ4v) is 2.23. The molecule has 0 bridgehead atoms. The van der Waals surface area contributed by atoms with Crippen LogP contribution in [-0.2, 0) is 0 Å². The summed E-state index contributed by atoms with van der Waals surface area (Å²) in [5, 5.41) is 0. The Kier molecular flexibility index (Phi) is 3.50. The third-order valence-electron chi connectivity index (χ3n) is 2.73. The van der Waals surface area contributed by atoms with E-state index in [2.05, 4.69) is 30.9 Å². The molecule has 2 aromatic heterocycles. The number of hydrogen-bond donors (Lipinski definition) is 0. The Hall–Kier alpha value is -2.15. The van der Waals surface area contributed by atoms with Crippen molar-refractivity contribution in [2.24, 2.45) is 0 Å². The highest BCUT2D eigenvalue weighted by Crippen LogP contribution is 2.28. The van der Waals surface area contributed by atoms with E-state index in [4.69, 9.17) is 4.74 Å². The number of rotatable bonds is 2. The van der Waals surface area contributed by atoms with E-state index >= 15 is 0 Å². The van der Waals surface area contributed by atoms with E-state index < -0.39 is 11.6 Å². The van der Waals surface area contributed by atoms with Gasteiger partial charge < -0.3 is 4.74 Å². The monoisotopic (exact) mass is 351 g/mol. The summed E-state index contributed by atoms with van der Waals surface area (Å²) in [7, 11) is 0. The number of halogens is 3. The van der Waals surface area contributed by atoms with Crippen molar-refractivity contribution in [1.29, 1.82) is 0 Å². The second kappa shape index (κ2) is 5.33. The molecule has 0 radical (unpaired) electrons. The fourth-order valence-electron chi connectivity index (χ4n) is 1.74. The summed E-state index contributed by atoms with van der Waals surface area (Å²) in [5.41, 5.74) is 1.29. The highest BCUT2D eigenvalue weighted by Gasteiger charge is 2.09. The van der Waals surface area contributed by atoms with E-state index in [-0.39, 0.29) is 16.9 Å². The number of nitrogens with zero attached hydrogens (tertiary/aromatic N) is 3. The van der Waals surface area contributed by atoms with E-state index in [0.717, 1.165) is 17.8 Å². The van der Waals surface area contributed by atoms with E-state index in [1.165, 1.54) is 6.20 Å². The van der Waals surface area contributed by atoms with Crippen LogP contribution in [-0.4, -0.2) is 15.0 Å². The predicted octanol–water partition coefficient (Wildman–Crippen LogP) is 4.17. The average molecular weight is 352 g/mol. The number of ether oxygens (including phenoxy) is 1. The van der Waals surface area contributed by atoms with Crippen LogP contribution in [0.2, 0.25) is 0 Å². The minimum atomic E-state index is -0.980. The van der Waals surface area contributed by atoms with Crippen molar-refractivity contribution in [1.82, 2.24) is 15.0 Å². The largest absolute Gasteiger partial charge is 0.435 e. The smallest absolute Gasteiger partial charge is 0.238 e. The van der Waals surface area contributed by atoms with Gasteiger partial charge in [0.2, 0.25) is 5.88 Å². The molecule has 0 spiro atoms. The molecule has 0 saturated heterocycles. The van der Waals surface area contributed by atoms with Crippen molar-refractivity contribution in [3.63, 3.8) is 0 Å². The van der Waals surface area contributed by atoms with Gasteiger partial charge in [-0.05, 0) is 35.0 Å². The van der Waals surface area contributed by atoms with Gasteiger partial charge in [-0.1, -0.05) is 0 Å². The summed E-state index contributed by atoms with van der Waals surface area (Å²) in [6.07, 6.45) is 1.34. The van der Waals surface area contributed by atoms with E-state index in [1.54, 1.807) is 12.1 Å². The number of aromatic nitrogens is 3. The number of aryl methyl sites for hydroxylation is 1. The standard InChI is InChI=1S/C14H8BrF2N3O/c1-7-2-3-12(14(15)19-7)21-13-6-18-10-4-8(16)9(17)5-11(10)20-13/h2-6H,1H3. The van der Waals surface area contributed by atoms with Crippen LogP contribution in [0.4, 0.5) is 8.78 Å². The lowest BCUT2D eigenvalue weighted by molar-refractivity contribution is 0.456. The van der Waals surface area contributed by atoms with Gasteiger partial charge in [-0.3, -0.25) is 0 Å². The first-order chi connectivity index (χ1) is 10.0. The van der Waals surface area contributed by atoms with Gasteiger partial charge in [0, 0.05) is 17.8 Å². The normalized spacial score (nSPS) is 10.9. The van der Waals surface area contributed by atoms with Gasteiger partial charge in [-0.15, -0.1) is 0 Å². The quantitative estimate of drug-likeness (QED) is 0.650. The predicted molar refractivity (Wildman–Crippen MR) is 76.2 cm³/mol. The molecule has 0 amide bonds. The summed E-state index contributed by atoms with van der Waals surface area (Å²) >= 11 is 3.28. The molecule has 0 aliphatic carbocycles. The molecule has 0 unspecified atom stereocenters. The van der Waals surface area contributed by atoms with Crippen molar-refractivity contribution in [3.8, 4) is 11.6 Å². The lowest BCUT2D eigenvalue weighted by Crippen LogP contribution is -1.95. The topological polar surface area (TPSA) is 47.9 Å². The van der Waals surface area contributed by atoms with Crippen molar-refractivity contribution in [3.05, 3.63) is 52.4 Å². The van der Waals surface area contributed by atoms with Gasteiger partial charge in [-0.2, -0.15) is 0 Å². The Morgan fingerprint density at radius 2 is 1.76 bits per heavy atom. The van der Waals surface area contributed by atoms with Gasteiger partial charge in [0.25, 0.3) is 0 Å². The van der Waals surface area contributed by atoms with Crippen LogP contribution < -0.4 is 4.74 Å². The van der Waals surface area contributed by atoms with Crippen LogP contribution in [0.15, 0.2) is 35.1 Å². The molecule has 106 valence electrons. The lowest BCUT2D eigenvalue weighted by Gasteiger charge is -2.07. The van der Waals surface area contributed by atoms with Crippen molar-refractivity contribution < 1.29 is 13.5 Å². The van der Waals surface area contributed by atoms with E-state index in [0.29, 0.717) is 10.4 Å². The molecule has 7 heteroatoms. The van der Waals surface area contributed by atoms with Crippen LogP contribution in [0.5, 0.6) is 11.6 Å². The molecule has 1 aromatic carbocycles. The molecule has 3 aromatic rings. The molecule has 0 atom stereocenters. The number of benzene rings is 1. The maximum atomic E-state index is 13.2. The third-order valence-corrected chi connectivity index (χ3v) is 3.30. The molecule has 0 N–H and O–H groups in total. The van der Waals surface area contributed by atoms with Gasteiger partial charge in [0.1, 0.15) is 4.60 Å². The van der Waals surface area contributed by atoms with Crippen LogP contribution in [0.1, 0.15) is 5.69 Å². The Bertz CT molecular complexity index is 842. The summed E-state index contributed by atoms with van der Waals surface area (Å²) in [5.74, 6) is -1.32. The Morgan fingerprint density at radius 3 is 2.48 bits per heavy atom. The first-order valence-electron chi connectivity index (χ1n) is 5.96.